The Balaban J connectivity index is 2.00. The number of aromatic hydroxyl groups is 1. The van der Waals surface area contributed by atoms with E-state index in [1.54, 1.807) is 6.92 Å². The number of anilines is 1. The Morgan fingerprint density at radius 3 is 2.43 bits per heavy atom. The quantitative estimate of drug-likeness (QED) is 0.263. The Kier molecular flexibility index (Phi) is 4.75. The molecule has 0 aromatic heterocycles. The van der Waals surface area contributed by atoms with Crippen molar-refractivity contribution in [2.24, 2.45) is 0 Å². The second-order valence-electron chi connectivity index (χ2n) is 6.03. The van der Waals surface area contributed by atoms with Gasteiger partial charge in [-0.1, -0.05) is 18.2 Å². The molecule has 0 bridgehead atoms. The predicted molar refractivity (Wildman–Crippen MR) is 101 cm³/mol. The van der Waals surface area contributed by atoms with E-state index in [-0.39, 0.29) is 22.3 Å². The maximum absolute atomic E-state index is 12.4. The van der Waals surface area contributed by atoms with Crippen molar-refractivity contribution < 1.29 is 27.8 Å². The molecule has 9 nitrogen and oxygen atoms in total. The largest absolute Gasteiger partial charge is 0.505 e. The molecule has 3 aromatic carbocycles. The third-order valence-corrected chi connectivity index (χ3v) is 5.03. The molecule has 3 aromatic rings. The van der Waals surface area contributed by atoms with E-state index in [9.17, 15) is 28.4 Å². The number of carbonyl (C=O) groups is 1. The molecule has 144 valence electrons. The summed E-state index contributed by atoms with van der Waals surface area (Å²) in [5, 5.41) is 24.5. The van der Waals surface area contributed by atoms with Gasteiger partial charge in [0.05, 0.1) is 15.5 Å². The van der Waals surface area contributed by atoms with E-state index in [4.69, 9.17) is 4.55 Å². The van der Waals surface area contributed by atoms with Gasteiger partial charge >= 0.3 is 0 Å². The molecule has 0 aliphatic rings. The minimum Gasteiger partial charge on any atom is -0.505 e. The van der Waals surface area contributed by atoms with Gasteiger partial charge in [-0.15, -0.1) is 0 Å². The van der Waals surface area contributed by atoms with Crippen LogP contribution in [0, 0.1) is 17.0 Å². The minimum absolute atomic E-state index is 0.0171. The molecule has 3 N–H and O–H groups in total. The SMILES string of the molecule is Cc1ccc(C(=O)Nc2ccc3ccc(S(=O)(=O)O)cc3c2O)cc1[N+](=O)[O-]. The molecule has 0 fully saturated rings. The zero-order chi connectivity index (χ0) is 20.6. The number of benzene rings is 3. The topological polar surface area (TPSA) is 147 Å². The Bertz CT molecular complexity index is 1240. The summed E-state index contributed by atoms with van der Waals surface area (Å²) in [6.45, 7) is 1.54. The summed E-state index contributed by atoms with van der Waals surface area (Å²) in [7, 11) is -4.47. The van der Waals surface area contributed by atoms with Crippen LogP contribution < -0.4 is 5.32 Å². The van der Waals surface area contributed by atoms with E-state index in [0.29, 0.717) is 10.9 Å². The highest BCUT2D eigenvalue weighted by Gasteiger charge is 2.18. The highest BCUT2D eigenvalue weighted by Crippen LogP contribution is 2.34. The van der Waals surface area contributed by atoms with Crippen LogP contribution in [0.2, 0.25) is 0 Å². The van der Waals surface area contributed by atoms with Gasteiger partial charge in [0.25, 0.3) is 21.7 Å². The summed E-state index contributed by atoms with van der Waals surface area (Å²) in [6, 6.07) is 10.6. The van der Waals surface area contributed by atoms with Gasteiger partial charge < -0.3 is 10.4 Å². The zero-order valence-corrected chi connectivity index (χ0v) is 15.2. The summed E-state index contributed by atoms with van der Waals surface area (Å²) >= 11 is 0. The van der Waals surface area contributed by atoms with Crippen molar-refractivity contribution >= 4 is 38.2 Å². The molecule has 0 unspecified atom stereocenters. The predicted octanol–water partition coefficient (Wildman–Crippen LogP) is 3.26. The Hall–Kier alpha value is -3.50. The van der Waals surface area contributed by atoms with E-state index in [1.807, 2.05) is 0 Å². The average molecular weight is 402 g/mol. The third kappa shape index (κ3) is 3.63. The van der Waals surface area contributed by atoms with Crippen molar-refractivity contribution in [3.05, 3.63) is 69.8 Å². The summed E-state index contributed by atoms with van der Waals surface area (Å²) in [5.74, 6) is -1.10. The van der Waals surface area contributed by atoms with Gasteiger partial charge in [0, 0.05) is 22.6 Å². The number of phenols is 1. The summed E-state index contributed by atoms with van der Waals surface area (Å²) < 4.78 is 31.8. The lowest BCUT2D eigenvalue weighted by Crippen LogP contribution is -2.12. The molecular weight excluding hydrogens is 388 g/mol. The van der Waals surface area contributed by atoms with E-state index in [2.05, 4.69) is 5.32 Å². The molecule has 0 atom stereocenters. The molecule has 1 amide bonds. The number of rotatable bonds is 4. The van der Waals surface area contributed by atoms with Crippen LogP contribution in [0.3, 0.4) is 0 Å². The van der Waals surface area contributed by atoms with Crippen molar-refractivity contribution in [1.29, 1.82) is 0 Å². The van der Waals surface area contributed by atoms with Crippen LogP contribution in [0.15, 0.2) is 53.4 Å². The lowest BCUT2D eigenvalue weighted by Gasteiger charge is -2.11. The Morgan fingerprint density at radius 1 is 1.11 bits per heavy atom. The number of nitrogens with zero attached hydrogens (tertiary/aromatic N) is 1. The lowest BCUT2D eigenvalue weighted by molar-refractivity contribution is -0.385. The molecule has 0 aliphatic heterocycles. The number of hydrogen-bond donors (Lipinski definition) is 3. The number of nitro benzene ring substituents is 1. The Labute approximate surface area is 159 Å². The van der Waals surface area contributed by atoms with Gasteiger partial charge in [-0.2, -0.15) is 8.42 Å². The van der Waals surface area contributed by atoms with Crippen molar-refractivity contribution in [3.8, 4) is 5.75 Å². The standard InChI is InChI=1S/C18H14N2O7S/c1-10-2-3-12(8-16(10)20(23)24)18(22)19-15-7-5-11-4-6-13(28(25,26)27)9-14(11)17(15)21/h2-9,21H,1H3,(H,19,22)(H,25,26,27). The highest BCUT2D eigenvalue weighted by atomic mass is 32.2. The first-order valence-corrected chi connectivity index (χ1v) is 9.31. The van der Waals surface area contributed by atoms with Crippen molar-refractivity contribution in [2.45, 2.75) is 11.8 Å². The highest BCUT2D eigenvalue weighted by molar-refractivity contribution is 7.85. The number of nitro groups is 1. The monoisotopic (exact) mass is 402 g/mol. The molecular formula is C18H14N2O7S. The van der Waals surface area contributed by atoms with Crippen molar-refractivity contribution in [1.82, 2.24) is 0 Å². The molecule has 0 heterocycles. The van der Waals surface area contributed by atoms with Crippen LogP contribution in [0.1, 0.15) is 15.9 Å². The van der Waals surface area contributed by atoms with Gasteiger partial charge in [0.1, 0.15) is 5.75 Å². The van der Waals surface area contributed by atoms with E-state index in [1.165, 1.54) is 36.4 Å². The van der Waals surface area contributed by atoms with Gasteiger partial charge in [0.15, 0.2) is 0 Å². The van der Waals surface area contributed by atoms with Crippen LogP contribution >= 0.6 is 0 Å². The molecule has 0 saturated heterocycles. The van der Waals surface area contributed by atoms with E-state index >= 15 is 0 Å². The summed E-state index contributed by atoms with van der Waals surface area (Å²) in [4.78, 5) is 22.5. The molecule has 10 heteroatoms. The fourth-order valence-corrected chi connectivity index (χ4v) is 3.19. The lowest BCUT2D eigenvalue weighted by atomic mass is 10.1. The third-order valence-electron chi connectivity index (χ3n) is 4.18. The first-order valence-electron chi connectivity index (χ1n) is 7.87. The van der Waals surface area contributed by atoms with Crippen molar-refractivity contribution in [3.63, 3.8) is 0 Å². The summed E-state index contributed by atoms with van der Waals surface area (Å²) in [6.07, 6.45) is 0. The van der Waals surface area contributed by atoms with Gasteiger partial charge in [-0.3, -0.25) is 19.5 Å². The number of nitrogens with one attached hydrogen (secondary N) is 1. The smallest absolute Gasteiger partial charge is 0.294 e. The molecule has 0 radical (unpaired) electrons. The van der Waals surface area contributed by atoms with Gasteiger partial charge in [0.2, 0.25) is 0 Å². The number of carbonyl (C=O) groups excluding carboxylic acids is 1. The fourth-order valence-electron chi connectivity index (χ4n) is 2.69. The summed E-state index contributed by atoms with van der Waals surface area (Å²) in [5.41, 5.74) is 0.178. The van der Waals surface area contributed by atoms with Crippen LogP contribution in [0.4, 0.5) is 11.4 Å². The molecule has 0 saturated carbocycles. The molecule has 0 aliphatic carbocycles. The molecule has 28 heavy (non-hydrogen) atoms. The molecule has 3 rings (SSSR count). The van der Waals surface area contributed by atoms with E-state index < -0.39 is 31.6 Å². The molecule has 0 spiro atoms. The minimum atomic E-state index is -4.47. The fraction of sp³-hybridized carbons (Fsp3) is 0.0556. The van der Waals surface area contributed by atoms with Crippen LogP contribution in [0.25, 0.3) is 10.8 Å². The van der Waals surface area contributed by atoms with Crippen LogP contribution in [-0.4, -0.2) is 28.9 Å². The second kappa shape index (κ2) is 6.91. The number of fused-ring (bicyclic) bond motifs is 1. The maximum Gasteiger partial charge on any atom is 0.294 e. The second-order valence-corrected chi connectivity index (χ2v) is 7.45. The van der Waals surface area contributed by atoms with E-state index in [0.717, 1.165) is 12.1 Å². The number of amides is 1. The Morgan fingerprint density at radius 2 is 1.79 bits per heavy atom. The number of hydrogen-bond acceptors (Lipinski definition) is 6. The average Bonchev–Trinajstić information content (AvgIpc) is 2.63. The first-order chi connectivity index (χ1) is 13.1. The van der Waals surface area contributed by atoms with Gasteiger partial charge in [-0.25, -0.2) is 0 Å². The van der Waals surface area contributed by atoms with Crippen LogP contribution in [0.5, 0.6) is 5.75 Å². The van der Waals surface area contributed by atoms with Crippen molar-refractivity contribution in [2.75, 3.05) is 5.32 Å². The normalized spacial score (nSPS) is 11.4. The number of phenolic OH excluding ortho intramolecular Hbond substituents is 1. The first kappa shape index (κ1) is 19.3. The van der Waals surface area contributed by atoms with Gasteiger partial charge in [-0.05, 0) is 36.6 Å². The van der Waals surface area contributed by atoms with Crippen LogP contribution in [-0.2, 0) is 10.1 Å². The number of aryl methyl sites for hydroxylation is 1. The zero-order valence-electron chi connectivity index (χ0n) is 14.4. The maximum atomic E-state index is 12.4.